The fourth-order valence-electron chi connectivity index (χ4n) is 15.1. The van der Waals surface area contributed by atoms with Crippen molar-refractivity contribution >= 4 is 88.3 Å². The summed E-state index contributed by atoms with van der Waals surface area (Å²) in [5.74, 6) is -15.4. The van der Waals surface area contributed by atoms with E-state index in [1.165, 1.54) is 49.0 Å². The molecule has 7 aliphatic heterocycles. The molecule has 8 heterocycles. The Morgan fingerprint density at radius 3 is 2.02 bits per heavy atom. The number of nitrogens with zero attached hydrogens (tertiary/aromatic N) is 2. The van der Waals surface area contributed by atoms with Crippen LogP contribution in [0.3, 0.4) is 0 Å². The molecule has 0 unspecified atom stereocenters. The van der Waals surface area contributed by atoms with Crippen molar-refractivity contribution in [3.63, 3.8) is 0 Å². The molecule has 0 aliphatic carbocycles. The van der Waals surface area contributed by atoms with E-state index in [9.17, 15) is 69.9 Å². The SMILES string of the molecule is CCOc1ccc(/C=C/C(=O)Nc2ccn(CCN[C@@]3(C)C[C@H](O[C@H]4[C@H](Oc5c6cc7cc5Oc5ccc(cc5Cl)[C@@H](O)[C@@H](NC(=O)[C@@H](CC(C)C)NC)C(=O)N[C@@H](CC(N)=O)C(=O)N[C@H]7C(=O)N[C@H]5C(=O)N[C@H](C(=O)N[C@@H](C(=O)NOC)c7cc(O)cc(O)c7-c7cc5ccc7O)[C@H](O)c5ccc(c(Cl)c5)O6)O[C@H](CO)[C@@H](O)[C@@H]4O)O[C@@H](C)[C@H]3O)c(=O)n2)cc1. The Balaban J connectivity index is 0.983. The first kappa shape index (κ1) is 93.0. The molecule has 0 saturated carbocycles. The summed E-state index contributed by atoms with van der Waals surface area (Å²) in [5.41, 5.74) is 3.75. The normalized spacial score (nSPS) is 25.9. The minimum absolute atomic E-state index is 0.0322. The van der Waals surface area contributed by atoms with Crippen molar-refractivity contribution in [1.82, 2.24) is 57.6 Å². The van der Waals surface area contributed by atoms with Crippen LogP contribution in [-0.4, -0.2) is 222 Å². The number of amides is 9. The zero-order valence-electron chi connectivity index (χ0n) is 68.6. The number of nitrogens with two attached hydrogens (primary N) is 1. The van der Waals surface area contributed by atoms with Gasteiger partial charge in [0, 0.05) is 54.5 Å². The maximum atomic E-state index is 16.3. The number of carbonyl (C=O) groups excluding carboxylic acids is 9. The van der Waals surface area contributed by atoms with Crippen molar-refractivity contribution in [2.45, 2.75) is 170 Å². The molecule has 1 aromatic heterocycles. The standard InChI is InChI=1S/C84H95Cl2N13O27/c1-8-120-44-15-9-38(10-16-44)11-20-60(105)91-59-21-23-99(83(118)92-59)24-22-89-84(5)34-61(121-37(4)74(84)110)125-73-71(109)70(108)57(35-100)124-82(73)126-72-55-29-42-30-56(72)123-54-19-14-41(28-48(54)86)69(107)67-80(116)95-65(81(117)98-119-7)46-31-43(101)32-52(103)62(46)45-26-39(12-17-51(45)102)63(77(113)97-67)94-78(114)64(42)93-76(112)50(33-58(87)104)90-79(115)66(96-75(111)49(88-6)25-36(2)3)68(106)40-13-18-53(122-55)47(85)27-40/h9-21,23,26-32,36-37,49-50,57,61,63-71,73-74,82,88-89,100-103,106-110H,8,22,24-25,33-35H2,1-7H3,(H2,87,104)(H,90,115)(H,93,112)(H,94,114)(H,95,116)(H,96,111)(H,97,113)(H,98,117)(H,91,92,105,118)/b20-11+/t37-,49+,50-,57+,61-,63+,64+,65+,66+,67-,68+,69+,70+,71-,73+,74+,82-,84-/m0/s1. The van der Waals surface area contributed by atoms with E-state index in [0.29, 0.717) is 17.9 Å². The number of ether oxygens (including phenoxy) is 7. The van der Waals surface area contributed by atoms with E-state index >= 15 is 24.0 Å². The summed E-state index contributed by atoms with van der Waals surface area (Å²) < 4.78 is 46.1. The predicted molar refractivity (Wildman–Crippen MR) is 444 cm³/mol. The third kappa shape index (κ3) is 21.2. The van der Waals surface area contributed by atoms with Crippen LogP contribution in [-0.2, 0) is 68.7 Å². The number of hydrogen-bond acceptors (Lipinski definition) is 30. The van der Waals surface area contributed by atoms with Crippen LogP contribution in [0.5, 0.6) is 51.7 Å². The van der Waals surface area contributed by atoms with E-state index in [0.717, 1.165) is 73.8 Å². The lowest BCUT2D eigenvalue weighted by molar-refractivity contribution is -0.334. The summed E-state index contributed by atoms with van der Waals surface area (Å²) in [6.07, 6.45) is -15.2. The number of hydrogen-bond donors (Lipinski definition) is 20. The first-order valence-corrected chi connectivity index (χ1v) is 40.5. The first-order valence-electron chi connectivity index (χ1n) is 39.8. The van der Waals surface area contributed by atoms with Gasteiger partial charge in [0.05, 0.1) is 55.0 Å². The van der Waals surface area contributed by atoms with Crippen molar-refractivity contribution in [3.8, 4) is 62.9 Å². The lowest BCUT2D eigenvalue weighted by atomic mass is 9.85. The van der Waals surface area contributed by atoms with Gasteiger partial charge in [0.15, 0.2) is 23.9 Å². The lowest BCUT2D eigenvalue weighted by Crippen LogP contribution is -2.65. The third-order valence-electron chi connectivity index (χ3n) is 21.6. The Morgan fingerprint density at radius 2 is 1.39 bits per heavy atom. The van der Waals surface area contributed by atoms with Crippen LogP contribution in [0.15, 0.2) is 126 Å². The van der Waals surface area contributed by atoms with Gasteiger partial charge in [-0.25, -0.2) is 10.3 Å². The third-order valence-corrected chi connectivity index (χ3v) is 22.2. The molecule has 6 aromatic carbocycles. The molecule has 14 rings (SSSR count). The molecule has 0 radical (unpaired) electrons. The molecular formula is C84H95Cl2N13O27. The van der Waals surface area contributed by atoms with E-state index in [1.807, 2.05) is 20.8 Å². The molecule has 2 fully saturated rings. The van der Waals surface area contributed by atoms with Gasteiger partial charge in [-0.15, -0.1) is 0 Å². The van der Waals surface area contributed by atoms with E-state index in [4.69, 9.17) is 66.9 Å². The highest BCUT2D eigenvalue weighted by atomic mass is 35.5. The summed E-state index contributed by atoms with van der Waals surface area (Å²) in [7, 11) is 2.50. The van der Waals surface area contributed by atoms with Crippen LogP contribution in [0.2, 0.25) is 10.0 Å². The molecule has 0 spiro atoms. The number of anilines is 1. The van der Waals surface area contributed by atoms with Crippen LogP contribution >= 0.6 is 23.2 Å². The number of benzene rings is 6. The summed E-state index contributed by atoms with van der Waals surface area (Å²) >= 11 is 14.4. The molecule has 9 amide bonds. The Hall–Kier alpha value is -12.1. The number of halogens is 2. The van der Waals surface area contributed by atoms with Crippen molar-refractivity contribution < 1.29 is 127 Å². The highest BCUT2D eigenvalue weighted by molar-refractivity contribution is 6.32. The van der Waals surface area contributed by atoms with Crippen molar-refractivity contribution in [2.24, 2.45) is 11.7 Å². The van der Waals surface area contributed by atoms with Gasteiger partial charge in [0.1, 0.15) is 107 Å². The number of likely N-dealkylation sites (N-methyl/N-ethyl adjacent to an activating group) is 1. The first-order chi connectivity index (χ1) is 60.0. The van der Waals surface area contributed by atoms with Gasteiger partial charge < -0.3 is 133 Å². The van der Waals surface area contributed by atoms with Crippen LogP contribution in [0.4, 0.5) is 5.82 Å². The second-order valence-electron chi connectivity index (χ2n) is 31.0. The Labute approximate surface area is 728 Å². The van der Waals surface area contributed by atoms with Crippen LogP contribution in [0, 0.1) is 5.92 Å². The molecule has 42 heteroatoms. The Morgan fingerprint density at radius 1 is 0.738 bits per heavy atom. The second-order valence-corrected chi connectivity index (χ2v) is 31.8. The number of aromatic nitrogens is 2. The van der Waals surface area contributed by atoms with E-state index in [1.54, 1.807) is 37.3 Å². The van der Waals surface area contributed by atoms with Crippen LogP contribution < -0.4 is 83.7 Å². The average molecular weight is 1790 g/mol. The number of fused-ring (bicyclic) bond motifs is 15. The van der Waals surface area contributed by atoms with Gasteiger partial charge in [-0.05, 0) is 152 Å². The highest BCUT2D eigenvalue weighted by Crippen LogP contribution is 2.50. The minimum Gasteiger partial charge on any atom is -0.508 e. The summed E-state index contributed by atoms with van der Waals surface area (Å²) in [6, 6.07) is 8.01. The number of rotatable bonds is 23. The number of carbonyl (C=O) groups is 9. The van der Waals surface area contributed by atoms with Gasteiger partial charge in [-0.1, -0.05) is 67.4 Å². The van der Waals surface area contributed by atoms with E-state index in [-0.39, 0.29) is 60.1 Å². The molecule has 21 N–H and O–H groups in total. The number of phenolic OH excluding ortho intramolecular Hbond substituents is 3. The zero-order chi connectivity index (χ0) is 91.0. The molecule has 672 valence electrons. The fraction of sp³-hybridized carbons (Fsp3) is 0.393. The number of aromatic hydroxyl groups is 3. The van der Waals surface area contributed by atoms with E-state index in [2.05, 4.69) is 58.3 Å². The minimum atomic E-state index is -2.39. The number of aliphatic hydroxyl groups excluding tert-OH is 6. The van der Waals surface area contributed by atoms with Gasteiger partial charge in [-0.3, -0.25) is 52.6 Å². The number of phenols is 3. The van der Waals surface area contributed by atoms with E-state index < -0.39 is 254 Å². The van der Waals surface area contributed by atoms with Crippen LogP contribution in [0.25, 0.3) is 17.2 Å². The van der Waals surface area contributed by atoms with Gasteiger partial charge in [0.2, 0.25) is 59.3 Å². The molecular weight excluding hydrogens is 1690 g/mol. The molecule has 7 aromatic rings. The predicted octanol–water partition coefficient (Wildman–Crippen LogP) is 1.64. The van der Waals surface area contributed by atoms with Gasteiger partial charge in [0.25, 0.3) is 5.91 Å². The quantitative estimate of drug-likeness (QED) is 0.0320. The number of hydroxylamine groups is 1. The maximum absolute atomic E-state index is 16.3. The van der Waals surface area contributed by atoms with Crippen molar-refractivity contribution in [2.75, 3.05) is 39.2 Å². The second kappa shape index (κ2) is 40.0. The van der Waals surface area contributed by atoms with Gasteiger partial charge in [-0.2, -0.15) is 4.98 Å². The molecule has 126 heavy (non-hydrogen) atoms. The lowest BCUT2D eigenvalue weighted by Gasteiger charge is -2.48. The number of aliphatic hydroxyl groups is 6. The average Bonchev–Trinajstić information content (AvgIpc) is 0.765. The summed E-state index contributed by atoms with van der Waals surface area (Å²) in [4.78, 5) is 155. The Kier molecular flexibility index (Phi) is 29.6. The number of nitrogens with one attached hydrogen (secondary N) is 10. The largest absolute Gasteiger partial charge is 0.508 e. The molecule has 40 nitrogen and oxygen atoms in total. The highest BCUT2D eigenvalue weighted by Gasteiger charge is 2.52. The zero-order valence-corrected chi connectivity index (χ0v) is 70.1. The number of primary amides is 1. The molecule has 2 saturated heterocycles. The molecule has 11 bridgehead atoms. The molecule has 7 aliphatic rings. The molecule has 18 atom stereocenters. The summed E-state index contributed by atoms with van der Waals surface area (Å²) in [5, 5.41) is 129. The smallest absolute Gasteiger partial charge is 0.349 e. The monoisotopic (exact) mass is 1790 g/mol. The van der Waals surface area contributed by atoms with Crippen molar-refractivity contribution in [3.05, 3.63) is 175 Å². The maximum Gasteiger partial charge on any atom is 0.349 e. The fourth-order valence-corrected chi connectivity index (χ4v) is 15.6. The topological polar surface area (TPSA) is 591 Å². The van der Waals surface area contributed by atoms with Crippen LogP contribution in [0.1, 0.15) is 118 Å². The Bertz CT molecular complexity index is 5380. The van der Waals surface area contributed by atoms with Gasteiger partial charge >= 0.3 is 5.69 Å². The van der Waals surface area contributed by atoms with Crippen molar-refractivity contribution in [1.29, 1.82) is 0 Å². The summed E-state index contributed by atoms with van der Waals surface area (Å²) in [6.45, 7) is 7.95.